The van der Waals surface area contributed by atoms with Gasteiger partial charge in [0.05, 0.1) is 13.4 Å². The molecule has 0 aliphatic heterocycles. The van der Waals surface area contributed by atoms with Crippen LogP contribution in [0.2, 0.25) is 0 Å². The van der Waals surface area contributed by atoms with Crippen molar-refractivity contribution in [1.29, 1.82) is 0 Å². The van der Waals surface area contributed by atoms with Crippen LogP contribution in [0, 0.1) is 0 Å². The van der Waals surface area contributed by atoms with E-state index in [1.807, 2.05) is 6.07 Å². The van der Waals surface area contributed by atoms with Gasteiger partial charge in [-0.15, -0.1) is 0 Å². The third-order valence-corrected chi connectivity index (χ3v) is 8.12. The molecule has 0 aliphatic carbocycles. The summed E-state index contributed by atoms with van der Waals surface area (Å²) < 4.78 is 19.1. The van der Waals surface area contributed by atoms with Crippen LogP contribution in [0.15, 0.2) is 87.9 Å². The third kappa shape index (κ3) is 2.65. The minimum Gasteiger partial charge on any atom is -0.468 e. The number of rotatable bonds is 3. The molecule has 3 aromatic carbocycles. The van der Waals surface area contributed by atoms with Gasteiger partial charge in [0.2, 0.25) is 0 Å². The molecule has 0 fully saturated rings. The van der Waals surface area contributed by atoms with Crippen LogP contribution in [0.4, 0.5) is 0 Å². The smallest absolute Gasteiger partial charge is 0.286 e. The average molecular weight is 453 g/mol. The van der Waals surface area contributed by atoms with Gasteiger partial charge in [-0.3, -0.25) is 0 Å². The van der Waals surface area contributed by atoms with E-state index < -0.39 is 0 Å². The van der Waals surface area contributed by atoms with Gasteiger partial charge in [-0.25, -0.2) is 0 Å². The number of thiophene rings is 2. The molecule has 0 atom stereocenters. The van der Waals surface area contributed by atoms with Crippen LogP contribution in [-0.4, -0.2) is 7.11 Å². The Morgan fingerprint density at radius 1 is 0.625 bits per heavy atom. The second-order valence-corrected chi connectivity index (χ2v) is 9.83. The maximum Gasteiger partial charge on any atom is 0.286 e. The zero-order chi connectivity index (χ0) is 21.2. The van der Waals surface area contributed by atoms with E-state index in [9.17, 15) is 0 Å². The summed E-state index contributed by atoms with van der Waals surface area (Å²) in [6.45, 7) is 0. The first-order valence-electron chi connectivity index (χ1n) is 10.3. The fraction of sp³-hybridized carbons (Fsp3) is 0.0370. The molecule has 3 nitrogen and oxygen atoms in total. The van der Waals surface area contributed by atoms with Crippen molar-refractivity contribution in [2.75, 3.05) is 7.11 Å². The molecular formula is C27H16O3S2. The molecule has 32 heavy (non-hydrogen) atoms. The summed E-state index contributed by atoms with van der Waals surface area (Å²) in [5.41, 5.74) is 4.79. The zero-order valence-electron chi connectivity index (χ0n) is 17.0. The van der Waals surface area contributed by atoms with Gasteiger partial charge in [0, 0.05) is 37.0 Å². The van der Waals surface area contributed by atoms with Crippen molar-refractivity contribution in [1.82, 2.24) is 0 Å². The third-order valence-electron chi connectivity index (χ3n) is 5.98. The van der Waals surface area contributed by atoms with Gasteiger partial charge in [0.1, 0.15) is 0 Å². The van der Waals surface area contributed by atoms with Gasteiger partial charge in [-0.1, -0.05) is 53.0 Å². The van der Waals surface area contributed by atoms with E-state index in [0.29, 0.717) is 5.95 Å². The number of fused-ring (bicyclic) bond motifs is 6. The molecule has 0 amide bonds. The Morgan fingerprint density at radius 3 is 2.00 bits per heavy atom. The summed E-state index contributed by atoms with van der Waals surface area (Å²) in [6, 6.07) is 26.0. The summed E-state index contributed by atoms with van der Waals surface area (Å²) >= 11 is 3.35. The van der Waals surface area contributed by atoms with Crippen LogP contribution < -0.4 is 4.74 Å². The van der Waals surface area contributed by atoms with Crippen LogP contribution in [0.5, 0.6) is 5.95 Å². The van der Waals surface area contributed by atoms with Gasteiger partial charge >= 0.3 is 0 Å². The highest BCUT2D eigenvalue weighted by atomic mass is 32.1. The van der Waals surface area contributed by atoms with Gasteiger partial charge < -0.3 is 13.6 Å². The van der Waals surface area contributed by atoms with Gasteiger partial charge in [0.15, 0.2) is 9.79 Å². The Hall–Kier alpha value is -3.54. The van der Waals surface area contributed by atoms with E-state index in [1.54, 1.807) is 36.0 Å². The highest BCUT2D eigenvalue weighted by Gasteiger charge is 2.13. The van der Waals surface area contributed by atoms with Crippen LogP contribution in [0.3, 0.4) is 0 Å². The fourth-order valence-electron chi connectivity index (χ4n) is 4.39. The molecular weight excluding hydrogens is 436 g/mol. The van der Waals surface area contributed by atoms with E-state index in [-0.39, 0.29) is 0 Å². The molecule has 0 unspecified atom stereocenters. The highest BCUT2D eigenvalue weighted by Crippen LogP contribution is 2.41. The van der Waals surface area contributed by atoms with Crippen molar-refractivity contribution >= 4 is 63.4 Å². The van der Waals surface area contributed by atoms with Crippen molar-refractivity contribution in [3.05, 3.63) is 79.1 Å². The van der Waals surface area contributed by atoms with Gasteiger partial charge in [0.25, 0.3) is 5.95 Å². The minimum absolute atomic E-state index is 0.552. The number of furan rings is 2. The lowest BCUT2D eigenvalue weighted by Gasteiger charge is -2.07. The Kier molecular flexibility index (Phi) is 3.80. The lowest BCUT2D eigenvalue weighted by molar-refractivity contribution is 0.317. The van der Waals surface area contributed by atoms with Crippen LogP contribution in [0.25, 0.3) is 63.0 Å². The predicted molar refractivity (Wildman–Crippen MR) is 134 cm³/mol. The molecule has 154 valence electrons. The second-order valence-electron chi connectivity index (χ2n) is 7.80. The van der Waals surface area contributed by atoms with Gasteiger partial charge in [-0.2, -0.15) is 0 Å². The largest absolute Gasteiger partial charge is 0.468 e. The van der Waals surface area contributed by atoms with Crippen LogP contribution in [-0.2, 0) is 0 Å². The monoisotopic (exact) mass is 452 g/mol. The molecule has 0 aliphatic rings. The quantitative estimate of drug-likeness (QED) is 0.268. The molecule has 4 heterocycles. The number of hydrogen-bond donors (Lipinski definition) is 0. The van der Waals surface area contributed by atoms with Gasteiger partial charge in [-0.05, 0) is 58.7 Å². The van der Waals surface area contributed by atoms with Crippen LogP contribution in [0.1, 0.15) is 0 Å². The van der Waals surface area contributed by atoms with Crippen molar-refractivity contribution in [3.63, 3.8) is 0 Å². The summed E-state index contributed by atoms with van der Waals surface area (Å²) in [4.78, 5) is 1.88. The average Bonchev–Trinajstić information content (AvgIpc) is 3.58. The van der Waals surface area contributed by atoms with Crippen molar-refractivity contribution in [3.8, 4) is 28.2 Å². The summed E-state index contributed by atoms with van der Waals surface area (Å²) in [5, 5.41) is 4.73. The van der Waals surface area contributed by atoms with Crippen LogP contribution >= 0.6 is 22.7 Å². The Balaban J connectivity index is 1.35. The molecule has 0 spiro atoms. The molecule has 0 saturated carbocycles. The molecule has 0 radical (unpaired) electrons. The number of benzene rings is 3. The Morgan fingerprint density at radius 2 is 1.28 bits per heavy atom. The summed E-state index contributed by atoms with van der Waals surface area (Å²) in [7, 11) is 1.63. The number of ether oxygens (including phenoxy) is 1. The standard InChI is InChI=1S/C27H16O3S2/c1-28-25-14-22-21-13-18(6-8-24(21)32-27(22)30-25)16-4-2-3-15(11-16)17-5-7-23-20(12-17)19-9-10-29-26(19)31-23/h2-14H,1H3. The molecule has 5 heteroatoms. The maximum absolute atomic E-state index is 5.77. The lowest BCUT2D eigenvalue weighted by Crippen LogP contribution is -1.82. The molecule has 7 aromatic rings. The molecule has 0 saturated heterocycles. The van der Waals surface area contributed by atoms with E-state index in [2.05, 4.69) is 66.7 Å². The Bertz CT molecular complexity index is 1780. The topological polar surface area (TPSA) is 35.5 Å². The highest BCUT2D eigenvalue weighted by molar-refractivity contribution is 7.25. The first-order chi connectivity index (χ1) is 15.8. The summed E-state index contributed by atoms with van der Waals surface area (Å²) in [6.07, 6.45) is 1.76. The molecule has 7 rings (SSSR count). The second kappa shape index (κ2) is 6.73. The van der Waals surface area contributed by atoms with E-state index in [0.717, 1.165) is 15.2 Å². The van der Waals surface area contributed by atoms with Crippen molar-refractivity contribution in [2.24, 2.45) is 0 Å². The van der Waals surface area contributed by atoms with E-state index >= 15 is 0 Å². The normalized spacial score (nSPS) is 11.9. The minimum atomic E-state index is 0.552. The lowest BCUT2D eigenvalue weighted by atomic mass is 9.97. The van der Waals surface area contributed by atoms with E-state index in [4.69, 9.17) is 13.6 Å². The Labute approximate surface area is 191 Å². The fourth-order valence-corrected chi connectivity index (χ4v) is 6.41. The first-order valence-corrected chi connectivity index (χ1v) is 11.9. The summed E-state index contributed by atoms with van der Waals surface area (Å²) in [5.74, 6) is 0.552. The molecule has 0 N–H and O–H groups in total. The molecule has 0 bridgehead atoms. The van der Waals surface area contributed by atoms with Crippen molar-refractivity contribution < 1.29 is 13.6 Å². The molecule has 4 aromatic heterocycles. The first kappa shape index (κ1) is 18.1. The SMILES string of the molecule is COc1cc2c(o1)sc1ccc(-c3cccc(-c4ccc5sc6occc6c5c4)c3)cc12. The van der Waals surface area contributed by atoms with Crippen molar-refractivity contribution in [2.45, 2.75) is 0 Å². The maximum atomic E-state index is 5.77. The van der Waals surface area contributed by atoms with E-state index in [1.165, 1.54) is 47.8 Å². The number of methoxy groups -OCH3 is 1. The number of hydrogen-bond acceptors (Lipinski definition) is 5. The zero-order valence-corrected chi connectivity index (χ0v) is 18.7. The predicted octanol–water partition coefficient (Wildman–Crippen LogP) is 8.95.